The molecular weight excluding hydrogens is 312 g/mol. The van der Waals surface area contributed by atoms with E-state index in [1.54, 1.807) is 24.4 Å². The SMILES string of the molecule is Cc1ccc([N+](=O)[O-])c(Oc2ncccc2CBr)c1. The van der Waals surface area contributed by atoms with Crippen LogP contribution in [0.2, 0.25) is 0 Å². The van der Waals surface area contributed by atoms with Gasteiger partial charge in [0.2, 0.25) is 11.6 Å². The summed E-state index contributed by atoms with van der Waals surface area (Å²) in [5.41, 5.74) is 1.65. The number of nitro groups is 1. The number of rotatable bonds is 4. The van der Waals surface area contributed by atoms with Crippen LogP contribution in [-0.2, 0) is 5.33 Å². The van der Waals surface area contributed by atoms with Gasteiger partial charge in [-0.2, -0.15) is 0 Å². The topological polar surface area (TPSA) is 65.3 Å². The maximum atomic E-state index is 11.0. The molecule has 0 aliphatic carbocycles. The summed E-state index contributed by atoms with van der Waals surface area (Å²) in [5.74, 6) is 0.568. The van der Waals surface area contributed by atoms with E-state index in [1.165, 1.54) is 6.07 Å². The summed E-state index contributed by atoms with van der Waals surface area (Å²) in [4.78, 5) is 14.6. The van der Waals surface area contributed by atoms with Gasteiger partial charge in [-0.05, 0) is 24.6 Å². The molecule has 0 fully saturated rings. The first-order chi connectivity index (χ1) is 9.11. The molecule has 19 heavy (non-hydrogen) atoms. The molecular formula is C13H11BrN2O3. The largest absolute Gasteiger partial charge is 0.431 e. The smallest absolute Gasteiger partial charge is 0.311 e. The number of aryl methyl sites for hydroxylation is 1. The number of alkyl halides is 1. The number of benzene rings is 1. The van der Waals surface area contributed by atoms with Gasteiger partial charge >= 0.3 is 5.69 Å². The molecule has 98 valence electrons. The van der Waals surface area contributed by atoms with E-state index in [9.17, 15) is 10.1 Å². The lowest BCUT2D eigenvalue weighted by Crippen LogP contribution is -1.97. The highest BCUT2D eigenvalue weighted by molar-refractivity contribution is 9.08. The van der Waals surface area contributed by atoms with Gasteiger partial charge in [0.1, 0.15) is 0 Å². The van der Waals surface area contributed by atoms with Crippen molar-refractivity contribution >= 4 is 21.6 Å². The summed E-state index contributed by atoms with van der Waals surface area (Å²) < 4.78 is 5.59. The van der Waals surface area contributed by atoms with Crippen LogP contribution in [0.1, 0.15) is 11.1 Å². The summed E-state index contributed by atoms with van der Waals surface area (Å²) in [5, 5.41) is 11.5. The zero-order chi connectivity index (χ0) is 13.8. The third kappa shape index (κ3) is 3.08. The van der Waals surface area contributed by atoms with Crippen LogP contribution in [0.15, 0.2) is 36.5 Å². The van der Waals surface area contributed by atoms with Crippen molar-refractivity contribution in [2.75, 3.05) is 0 Å². The van der Waals surface area contributed by atoms with Crippen LogP contribution < -0.4 is 4.74 Å². The molecule has 2 rings (SSSR count). The van der Waals surface area contributed by atoms with E-state index < -0.39 is 4.92 Å². The normalized spacial score (nSPS) is 10.2. The predicted molar refractivity (Wildman–Crippen MR) is 74.8 cm³/mol. The predicted octanol–water partition coefficient (Wildman–Crippen LogP) is 3.99. The zero-order valence-corrected chi connectivity index (χ0v) is 11.8. The number of pyridine rings is 1. The molecule has 0 spiro atoms. The maximum absolute atomic E-state index is 11.0. The Hall–Kier alpha value is -1.95. The molecule has 1 aromatic carbocycles. The molecule has 0 aliphatic rings. The minimum Gasteiger partial charge on any atom is -0.431 e. The Kier molecular flexibility index (Phi) is 4.11. The van der Waals surface area contributed by atoms with Gasteiger partial charge in [-0.1, -0.05) is 28.1 Å². The van der Waals surface area contributed by atoms with Crippen molar-refractivity contribution in [1.82, 2.24) is 4.98 Å². The van der Waals surface area contributed by atoms with Gasteiger partial charge < -0.3 is 4.74 Å². The highest BCUT2D eigenvalue weighted by Crippen LogP contribution is 2.33. The number of nitrogens with zero attached hydrogens (tertiary/aromatic N) is 2. The number of hydrogen-bond acceptors (Lipinski definition) is 4. The summed E-state index contributed by atoms with van der Waals surface area (Å²) >= 11 is 3.33. The van der Waals surface area contributed by atoms with Crippen LogP contribution in [-0.4, -0.2) is 9.91 Å². The molecule has 0 aliphatic heterocycles. The van der Waals surface area contributed by atoms with E-state index in [2.05, 4.69) is 20.9 Å². The van der Waals surface area contributed by atoms with Crippen molar-refractivity contribution in [2.45, 2.75) is 12.3 Å². The van der Waals surface area contributed by atoms with Crippen LogP contribution in [0.3, 0.4) is 0 Å². The van der Waals surface area contributed by atoms with Crippen molar-refractivity contribution < 1.29 is 9.66 Å². The first-order valence-electron chi connectivity index (χ1n) is 5.54. The quantitative estimate of drug-likeness (QED) is 0.485. The summed E-state index contributed by atoms with van der Waals surface area (Å²) in [7, 11) is 0. The Morgan fingerprint density at radius 2 is 2.21 bits per heavy atom. The molecule has 0 radical (unpaired) electrons. The first-order valence-corrected chi connectivity index (χ1v) is 6.66. The molecule has 0 saturated carbocycles. The summed E-state index contributed by atoms with van der Waals surface area (Å²) in [6, 6.07) is 8.37. The van der Waals surface area contributed by atoms with Crippen LogP contribution in [0.4, 0.5) is 5.69 Å². The van der Waals surface area contributed by atoms with E-state index in [4.69, 9.17) is 4.74 Å². The highest BCUT2D eigenvalue weighted by atomic mass is 79.9. The number of hydrogen-bond donors (Lipinski definition) is 0. The van der Waals surface area contributed by atoms with Gasteiger partial charge in [-0.15, -0.1) is 0 Å². The van der Waals surface area contributed by atoms with Crippen molar-refractivity contribution in [1.29, 1.82) is 0 Å². The molecule has 0 amide bonds. The fourth-order valence-electron chi connectivity index (χ4n) is 1.58. The second-order valence-electron chi connectivity index (χ2n) is 3.93. The van der Waals surface area contributed by atoms with E-state index in [1.807, 2.05) is 13.0 Å². The minimum absolute atomic E-state index is 0.0724. The average molecular weight is 323 g/mol. The van der Waals surface area contributed by atoms with Crippen molar-refractivity contribution in [3.63, 3.8) is 0 Å². The second-order valence-corrected chi connectivity index (χ2v) is 4.49. The molecule has 5 nitrogen and oxygen atoms in total. The fourth-order valence-corrected chi connectivity index (χ4v) is 2.00. The summed E-state index contributed by atoms with van der Waals surface area (Å²) in [6.45, 7) is 1.85. The molecule has 0 bridgehead atoms. The van der Waals surface area contributed by atoms with Crippen molar-refractivity contribution in [3.05, 3.63) is 57.8 Å². The van der Waals surface area contributed by atoms with Gasteiger partial charge in [-0.3, -0.25) is 10.1 Å². The zero-order valence-electron chi connectivity index (χ0n) is 10.2. The third-order valence-corrected chi connectivity index (χ3v) is 3.12. The van der Waals surface area contributed by atoms with E-state index in [0.29, 0.717) is 11.2 Å². The lowest BCUT2D eigenvalue weighted by Gasteiger charge is -2.08. The number of halogens is 1. The maximum Gasteiger partial charge on any atom is 0.311 e. The third-order valence-electron chi connectivity index (χ3n) is 2.51. The van der Waals surface area contributed by atoms with Crippen LogP contribution >= 0.6 is 15.9 Å². The van der Waals surface area contributed by atoms with Gasteiger partial charge in [0.05, 0.1) is 4.92 Å². The Bertz CT molecular complexity index is 617. The van der Waals surface area contributed by atoms with Crippen molar-refractivity contribution in [3.8, 4) is 11.6 Å². The molecule has 2 aromatic rings. The molecule has 0 N–H and O–H groups in total. The van der Waals surface area contributed by atoms with Crippen LogP contribution in [0.5, 0.6) is 11.6 Å². The van der Waals surface area contributed by atoms with E-state index in [-0.39, 0.29) is 11.4 Å². The second kappa shape index (κ2) is 5.79. The Morgan fingerprint density at radius 1 is 1.42 bits per heavy atom. The number of nitro benzene ring substituents is 1. The first kappa shape index (κ1) is 13.5. The standard InChI is InChI=1S/C13H11BrN2O3/c1-9-4-5-11(16(17)18)12(7-9)19-13-10(8-14)3-2-6-15-13/h2-7H,8H2,1H3. The number of aromatic nitrogens is 1. The summed E-state index contributed by atoms with van der Waals surface area (Å²) in [6.07, 6.45) is 1.59. The van der Waals surface area contributed by atoms with Gasteiger partial charge in [0.15, 0.2) is 0 Å². The molecule has 0 saturated heterocycles. The molecule has 6 heteroatoms. The van der Waals surface area contributed by atoms with E-state index >= 15 is 0 Å². The van der Waals surface area contributed by atoms with Gasteiger partial charge in [0, 0.05) is 23.2 Å². The number of ether oxygens (including phenoxy) is 1. The Balaban J connectivity index is 2.42. The lowest BCUT2D eigenvalue weighted by atomic mass is 10.2. The molecule has 0 atom stereocenters. The van der Waals surface area contributed by atoms with Crippen molar-refractivity contribution in [2.24, 2.45) is 0 Å². The Labute approximate surface area is 118 Å². The van der Waals surface area contributed by atoms with Gasteiger partial charge in [-0.25, -0.2) is 4.98 Å². The monoisotopic (exact) mass is 322 g/mol. The molecule has 1 heterocycles. The van der Waals surface area contributed by atoms with E-state index in [0.717, 1.165) is 11.1 Å². The fraction of sp³-hybridized carbons (Fsp3) is 0.154. The molecule has 1 aromatic heterocycles. The van der Waals surface area contributed by atoms with Crippen LogP contribution in [0, 0.1) is 17.0 Å². The average Bonchev–Trinajstić information content (AvgIpc) is 2.39. The minimum atomic E-state index is -0.467. The highest BCUT2D eigenvalue weighted by Gasteiger charge is 2.17. The van der Waals surface area contributed by atoms with Gasteiger partial charge in [0.25, 0.3) is 0 Å². The van der Waals surface area contributed by atoms with Crippen LogP contribution in [0.25, 0.3) is 0 Å². The molecule has 0 unspecified atom stereocenters. The Morgan fingerprint density at radius 3 is 2.89 bits per heavy atom. The lowest BCUT2D eigenvalue weighted by molar-refractivity contribution is -0.385.